The summed E-state index contributed by atoms with van der Waals surface area (Å²) >= 11 is 0. The highest BCUT2D eigenvalue weighted by atomic mass is 16.6. The molecule has 94 valence electrons. The van der Waals surface area contributed by atoms with Crippen molar-refractivity contribution in [3.8, 4) is 11.7 Å². The predicted octanol–water partition coefficient (Wildman–Crippen LogP) is -0.317. The molecule has 1 N–H and O–H groups in total. The average Bonchev–Trinajstić information content (AvgIpc) is 2.75. The maximum absolute atomic E-state index is 11.6. The lowest BCUT2D eigenvalue weighted by Gasteiger charge is -2.03. The van der Waals surface area contributed by atoms with E-state index in [4.69, 9.17) is 4.74 Å². The second kappa shape index (κ2) is 5.17. The Kier molecular flexibility index (Phi) is 3.42. The summed E-state index contributed by atoms with van der Waals surface area (Å²) in [4.78, 5) is 11.6. The summed E-state index contributed by atoms with van der Waals surface area (Å²) in [5.74, 6) is -0.194. The van der Waals surface area contributed by atoms with Crippen LogP contribution in [0.3, 0.4) is 0 Å². The zero-order valence-electron chi connectivity index (χ0n) is 9.62. The number of methoxy groups -OCH3 is 1. The van der Waals surface area contributed by atoms with Crippen LogP contribution in [0.15, 0.2) is 35.0 Å². The van der Waals surface area contributed by atoms with Gasteiger partial charge in [-0.05, 0) is 24.3 Å². The summed E-state index contributed by atoms with van der Waals surface area (Å²) in [5, 5.41) is 16.7. The Morgan fingerprint density at radius 3 is 2.78 bits per heavy atom. The van der Waals surface area contributed by atoms with Crippen LogP contribution in [0.5, 0.6) is 11.7 Å². The van der Waals surface area contributed by atoms with Crippen molar-refractivity contribution in [2.24, 2.45) is 0 Å². The molecule has 0 aliphatic heterocycles. The first-order valence-electron chi connectivity index (χ1n) is 5.15. The molecule has 7 nitrogen and oxygen atoms in total. The van der Waals surface area contributed by atoms with Crippen LogP contribution in [0.1, 0.15) is 0 Å². The number of hydrogen-bond acceptors (Lipinski definition) is 5. The van der Waals surface area contributed by atoms with Gasteiger partial charge in [-0.2, -0.15) is 0 Å². The van der Waals surface area contributed by atoms with Crippen molar-refractivity contribution in [3.05, 3.63) is 30.5 Å². The number of anilines is 1. The van der Waals surface area contributed by atoms with Gasteiger partial charge in [0.25, 0.3) is 12.5 Å². The van der Waals surface area contributed by atoms with Gasteiger partial charge >= 0.3 is 0 Å². The topological polar surface area (TPSA) is 91.3 Å². The van der Waals surface area contributed by atoms with E-state index in [-0.39, 0.29) is 12.5 Å². The molecule has 0 saturated carbocycles. The van der Waals surface area contributed by atoms with Crippen LogP contribution in [0.25, 0.3) is 0 Å². The van der Waals surface area contributed by atoms with Gasteiger partial charge in [0.05, 0.1) is 12.4 Å². The highest BCUT2D eigenvalue weighted by molar-refractivity contribution is 5.89. The Labute approximate surface area is 103 Å². The van der Waals surface area contributed by atoms with Crippen LogP contribution in [-0.4, -0.2) is 18.3 Å². The van der Waals surface area contributed by atoms with Crippen LogP contribution in [0.2, 0.25) is 0 Å². The molecule has 0 aliphatic carbocycles. The van der Waals surface area contributed by atoms with E-state index in [9.17, 15) is 9.90 Å². The summed E-state index contributed by atoms with van der Waals surface area (Å²) in [7, 11) is 1.56. The molecule has 0 radical (unpaired) electrons. The molecule has 1 aromatic carbocycles. The Balaban J connectivity index is 1.94. The maximum atomic E-state index is 11.6. The van der Waals surface area contributed by atoms with Gasteiger partial charge in [-0.15, -0.1) is 0 Å². The predicted molar refractivity (Wildman–Crippen MR) is 57.8 cm³/mol. The minimum atomic E-state index is -0.591. The molecule has 1 aromatic heterocycles. The highest BCUT2D eigenvalue weighted by Gasteiger charge is 2.11. The summed E-state index contributed by atoms with van der Waals surface area (Å²) in [6.07, 6.45) is 1.10. The molecule has 0 spiro atoms. The van der Waals surface area contributed by atoms with Gasteiger partial charge in [0, 0.05) is 5.69 Å². The first-order valence-corrected chi connectivity index (χ1v) is 5.15. The molecule has 0 saturated heterocycles. The number of hydrogen-bond donors (Lipinski definition) is 1. The van der Waals surface area contributed by atoms with Crippen molar-refractivity contribution in [3.63, 3.8) is 0 Å². The van der Waals surface area contributed by atoms with E-state index in [1.807, 2.05) is 0 Å². The Bertz CT molecular complexity index is 535. The zero-order chi connectivity index (χ0) is 13.0. The van der Waals surface area contributed by atoms with Crippen molar-refractivity contribution in [1.29, 1.82) is 0 Å². The van der Waals surface area contributed by atoms with Gasteiger partial charge in [-0.3, -0.25) is 4.79 Å². The van der Waals surface area contributed by atoms with Gasteiger partial charge in [0.2, 0.25) is 6.20 Å². The third kappa shape index (κ3) is 2.97. The van der Waals surface area contributed by atoms with Crippen molar-refractivity contribution in [2.45, 2.75) is 6.54 Å². The fourth-order valence-corrected chi connectivity index (χ4v) is 1.36. The summed E-state index contributed by atoms with van der Waals surface area (Å²) in [5.41, 5.74) is 0.632. The molecule has 2 rings (SSSR count). The molecule has 0 bridgehead atoms. The summed E-state index contributed by atoms with van der Waals surface area (Å²) in [6.45, 7) is -0.0855. The van der Waals surface area contributed by atoms with Gasteiger partial charge in [-0.25, -0.2) is 0 Å². The first kappa shape index (κ1) is 11.9. The largest absolute Gasteiger partial charge is 0.539 e. The number of aromatic nitrogens is 2. The molecule has 1 heterocycles. The molecule has 0 atom stereocenters. The number of ether oxygens (including phenoxy) is 1. The lowest BCUT2D eigenvalue weighted by atomic mass is 10.3. The number of benzene rings is 1. The van der Waals surface area contributed by atoms with Gasteiger partial charge in [-0.1, -0.05) is 4.68 Å². The number of rotatable bonds is 4. The van der Waals surface area contributed by atoms with E-state index in [0.29, 0.717) is 11.4 Å². The molecule has 0 fully saturated rings. The van der Waals surface area contributed by atoms with Crippen LogP contribution in [0, 0.1) is 0 Å². The second-order valence-electron chi connectivity index (χ2n) is 3.50. The molecular formula is C11H11N3O4. The fourth-order valence-electron chi connectivity index (χ4n) is 1.36. The molecule has 2 aromatic rings. The highest BCUT2D eigenvalue weighted by Crippen LogP contribution is 2.14. The van der Waals surface area contributed by atoms with Crippen molar-refractivity contribution in [2.75, 3.05) is 12.4 Å². The van der Waals surface area contributed by atoms with E-state index in [1.54, 1.807) is 31.4 Å². The molecular weight excluding hydrogens is 238 g/mol. The van der Waals surface area contributed by atoms with Crippen LogP contribution >= 0.6 is 0 Å². The maximum Gasteiger partial charge on any atom is 0.292 e. The molecule has 7 heteroatoms. The van der Waals surface area contributed by atoms with Gasteiger partial charge in [0.1, 0.15) is 11.7 Å². The Morgan fingerprint density at radius 1 is 1.50 bits per heavy atom. The summed E-state index contributed by atoms with van der Waals surface area (Å²) in [6, 6.07) is 6.88. The van der Waals surface area contributed by atoms with Crippen LogP contribution < -0.4 is 19.8 Å². The number of nitrogens with zero attached hydrogens (tertiary/aromatic N) is 2. The molecule has 18 heavy (non-hydrogen) atoms. The van der Waals surface area contributed by atoms with Crippen molar-refractivity contribution < 1.29 is 23.8 Å². The molecule has 0 aliphatic rings. The van der Waals surface area contributed by atoms with Gasteiger partial charge in [0.15, 0.2) is 0 Å². The summed E-state index contributed by atoms with van der Waals surface area (Å²) < 4.78 is 10.4. The van der Waals surface area contributed by atoms with E-state index in [2.05, 4.69) is 15.1 Å². The zero-order valence-corrected chi connectivity index (χ0v) is 9.62. The van der Waals surface area contributed by atoms with Crippen LogP contribution in [-0.2, 0) is 11.3 Å². The number of carbonyl (C=O) groups is 1. The van der Waals surface area contributed by atoms with Crippen molar-refractivity contribution in [1.82, 2.24) is 5.27 Å². The number of amides is 1. The quantitative estimate of drug-likeness (QED) is 0.750. The number of carbonyl (C=O) groups excluding carboxylic acids is 1. The normalized spacial score (nSPS) is 10.1. The minimum absolute atomic E-state index is 0.0855. The standard InChI is InChI=1S/C11H11N3O4/c1-17-9-4-2-8(3-5-9)12-10(15)6-14-7-11(16)18-13-14/h2-5,7H,6H2,1H3,(H-,12,13,15,16). The Morgan fingerprint density at radius 2 is 2.22 bits per heavy atom. The smallest absolute Gasteiger partial charge is 0.292 e. The van der Waals surface area contributed by atoms with Crippen LogP contribution in [0.4, 0.5) is 5.69 Å². The van der Waals surface area contributed by atoms with E-state index in [1.165, 1.54) is 0 Å². The molecule has 0 unspecified atom stereocenters. The third-order valence-corrected chi connectivity index (χ3v) is 2.17. The second-order valence-corrected chi connectivity index (χ2v) is 3.50. The SMILES string of the molecule is COc1ccc(NC(=O)C[n+]2cc([O-])on2)cc1. The number of nitrogens with one attached hydrogen (secondary N) is 1. The molecule has 1 amide bonds. The Hall–Kier alpha value is -2.57. The van der Waals surface area contributed by atoms with E-state index >= 15 is 0 Å². The first-order chi connectivity index (χ1) is 8.67. The van der Waals surface area contributed by atoms with E-state index < -0.39 is 5.95 Å². The average molecular weight is 249 g/mol. The monoisotopic (exact) mass is 249 g/mol. The van der Waals surface area contributed by atoms with Gasteiger partial charge < -0.3 is 19.7 Å². The lowest BCUT2D eigenvalue weighted by molar-refractivity contribution is -0.750. The minimum Gasteiger partial charge on any atom is -0.539 e. The van der Waals surface area contributed by atoms with E-state index in [0.717, 1.165) is 10.9 Å². The fraction of sp³-hybridized carbons (Fsp3) is 0.182. The third-order valence-electron chi connectivity index (χ3n) is 2.17. The lowest BCUT2D eigenvalue weighted by Crippen LogP contribution is -2.41. The van der Waals surface area contributed by atoms with Crippen molar-refractivity contribution >= 4 is 11.6 Å².